The van der Waals surface area contributed by atoms with Crippen LogP contribution in [0.3, 0.4) is 0 Å². The Balaban J connectivity index is 1.33. The van der Waals surface area contributed by atoms with E-state index in [0.29, 0.717) is 49.6 Å². The number of methoxy groups -OCH3 is 1. The number of hydrogen-bond acceptors (Lipinski definition) is 12. The SMILES string of the molecule is C=CC(=O)Nc1cc(OCC(=O)N2CCN(c3ncccn3)CC2)ccc1Nc1nc(Nc2cc(OC)ncc2C)ncc1C(F)(F)F. The number of nitrogens with zero attached hydrogens (tertiary/aromatic N) is 7. The number of carbonyl (C=O) groups is 2. The first-order chi connectivity index (χ1) is 23.0. The van der Waals surface area contributed by atoms with Gasteiger partial charge in [0.2, 0.25) is 23.7 Å². The van der Waals surface area contributed by atoms with Gasteiger partial charge in [0, 0.05) is 63.1 Å². The van der Waals surface area contributed by atoms with Crippen molar-refractivity contribution in [1.82, 2.24) is 29.8 Å². The van der Waals surface area contributed by atoms with Crippen LogP contribution < -0.4 is 30.3 Å². The number of amides is 2. The number of benzene rings is 1. The van der Waals surface area contributed by atoms with Crippen molar-refractivity contribution in [3.8, 4) is 11.6 Å². The molecule has 48 heavy (non-hydrogen) atoms. The number of anilines is 6. The number of ether oxygens (including phenoxy) is 2. The second kappa shape index (κ2) is 14.6. The standard InChI is InChI=1S/C31H31F3N10O4/c1-4-25(45)39-24-14-20(48-18-27(46)43-10-12-44(13-11-43)30-35-8-5-9-36-30)6-7-22(24)40-28-21(31(32,33)34)17-38-29(42-28)41-23-15-26(47-3)37-16-19(23)2/h4-9,14-17H,1,10-13,18H2,2-3H3,(H,39,45)(H2,37,38,40,41,42). The molecule has 5 rings (SSSR count). The van der Waals surface area contributed by atoms with Crippen molar-refractivity contribution in [2.45, 2.75) is 13.1 Å². The monoisotopic (exact) mass is 664 g/mol. The van der Waals surface area contributed by atoms with Gasteiger partial charge in [-0.15, -0.1) is 0 Å². The van der Waals surface area contributed by atoms with E-state index >= 15 is 0 Å². The minimum Gasteiger partial charge on any atom is -0.484 e. The van der Waals surface area contributed by atoms with Crippen LogP contribution in [0.5, 0.6) is 11.6 Å². The van der Waals surface area contributed by atoms with Crippen molar-refractivity contribution in [1.29, 1.82) is 0 Å². The maximum Gasteiger partial charge on any atom is 0.421 e. The Morgan fingerprint density at radius 3 is 2.42 bits per heavy atom. The molecule has 3 N–H and O–H groups in total. The lowest BCUT2D eigenvalue weighted by Crippen LogP contribution is -2.50. The number of hydrogen-bond donors (Lipinski definition) is 3. The Morgan fingerprint density at radius 1 is 0.979 bits per heavy atom. The fourth-order valence-electron chi connectivity index (χ4n) is 4.60. The van der Waals surface area contributed by atoms with Crippen LogP contribution in [0, 0.1) is 6.92 Å². The molecule has 1 aromatic carbocycles. The van der Waals surface area contributed by atoms with Gasteiger partial charge in [0.25, 0.3) is 5.91 Å². The first-order valence-electron chi connectivity index (χ1n) is 14.5. The molecule has 0 aliphatic carbocycles. The van der Waals surface area contributed by atoms with Gasteiger partial charge in [0.05, 0.1) is 24.2 Å². The number of pyridine rings is 1. The number of piperazine rings is 1. The van der Waals surface area contributed by atoms with Crippen molar-refractivity contribution < 1.29 is 32.2 Å². The summed E-state index contributed by atoms with van der Waals surface area (Å²) < 4.78 is 52.9. The van der Waals surface area contributed by atoms with Crippen LogP contribution in [0.15, 0.2) is 67.8 Å². The summed E-state index contributed by atoms with van der Waals surface area (Å²) in [6.07, 6.45) is 1.66. The van der Waals surface area contributed by atoms with Crippen molar-refractivity contribution in [3.05, 3.63) is 78.9 Å². The van der Waals surface area contributed by atoms with Gasteiger partial charge in [-0.25, -0.2) is 19.9 Å². The van der Waals surface area contributed by atoms with E-state index < -0.39 is 23.5 Å². The molecule has 1 fully saturated rings. The molecule has 0 atom stereocenters. The van der Waals surface area contributed by atoms with Gasteiger partial charge in [-0.3, -0.25) is 9.59 Å². The van der Waals surface area contributed by atoms with Crippen LogP contribution in [0.4, 0.5) is 47.9 Å². The maximum atomic E-state index is 14.0. The van der Waals surface area contributed by atoms with E-state index in [1.54, 1.807) is 36.4 Å². The van der Waals surface area contributed by atoms with Gasteiger partial charge < -0.3 is 35.2 Å². The molecule has 0 spiro atoms. The maximum absolute atomic E-state index is 14.0. The van der Waals surface area contributed by atoms with Crippen molar-refractivity contribution in [2.75, 3.05) is 60.7 Å². The van der Waals surface area contributed by atoms with E-state index in [4.69, 9.17) is 9.47 Å². The average Bonchev–Trinajstić information content (AvgIpc) is 3.09. The fourth-order valence-corrected chi connectivity index (χ4v) is 4.60. The summed E-state index contributed by atoms with van der Waals surface area (Å²) in [6.45, 7) is 6.84. The molecule has 4 heterocycles. The third kappa shape index (κ3) is 8.23. The highest BCUT2D eigenvalue weighted by Gasteiger charge is 2.35. The number of nitrogens with one attached hydrogen (secondary N) is 3. The molecular formula is C31H31F3N10O4. The third-order valence-corrected chi connectivity index (χ3v) is 7.14. The van der Waals surface area contributed by atoms with Gasteiger partial charge in [0.1, 0.15) is 17.1 Å². The molecule has 17 heteroatoms. The minimum atomic E-state index is -4.82. The van der Waals surface area contributed by atoms with E-state index in [1.165, 1.54) is 31.5 Å². The van der Waals surface area contributed by atoms with E-state index in [0.717, 1.165) is 6.08 Å². The Labute approximate surface area is 273 Å². The quantitative estimate of drug-likeness (QED) is 0.195. The molecule has 2 amide bonds. The number of halogens is 3. The van der Waals surface area contributed by atoms with Gasteiger partial charge in [-0.2, -0.15) is 18.2 Å². The Morgan fingerprint density at radius 2 is 1.73 bits per heavy atom. The summed E-state index contributed by atoms with van der Waals surface area (Å²) in [5.74, 6) is -0.570. The first kappa shape index (κ1) is 33.4. The molecule has 3 aromatic heterocycles. The van der Waals surface area contributed by atoms with E-state index in [9.17, 15) is 22.8 Å². The van der Waals surface area contributed by atoms with Gasteiger partial charge in [-0.1, -0.05) is 6.58 Å². The molecule has 0 bridgehead atoms. The van der Waals surface area contributed by atoms with Crippen LogP contribution >= 0.6 is 0 Å². The van der Waals surface area contributed by atoms with Crippen LogP contribution in [-0.2, 0) is 15.8 Å². The van der Waals surface area contributed by atoms with E-state index in [2.05, 4.69) is 47.4 Å². The topological polar surface area (TPSA) is 160 Å². The Kier molecular flexibility index (Phi) is 10.2. The van der Waals surface area contributed by atoms with Gasteiger partial charge in [0.15, 0.2) is 6.61 Å². The Hall–Kier alpha value is -6.00. The lowest BCUT2D eigenvalue weighted by atomic mass is 10.2. The van der Waals surface area contributed by atoms with Crippen molar-refractivity contribution >= 4 is 46.6 Å². The first-order valence-corrected chi connectivity index (χ1v) is 14.5. The largest absolute Gasteiger partial charge is 0.484 e. The smallest absolute Gasteiger partial charge is 0.421 e. The number of aryl methyl sites for hydroxylation is 1. The summed E-state index contributed by atoms with van der Waals surface area (Å²) in [4.78, 5) is 49.3. The number of rotatable bonds is 11. The number of alkyl halides is 3. The highest BCUT2D eigenvalue weighted by atomic mass is 19.4. The molecule has 1 saturated heterocycles. The summed E-state index contributed by atoms with van der Waals surface area (Å²) in [5.41, 5.74) is 0.0937. The molecule has 1 aliphatic heterocycles. The van der Waals surface area contributed by atoms with E-state index in [-0.39, 0.29) is 41.5 Å². The summed E-state index contributed by atoms with van der Waals surface area (Å²) in [6, 6.07) is 7.50. The molecule has 0 radical (unpaired) electrons. The second-order valence-electron chi connectivity index (χ2n) is 10.4. The highest BCUT2D eigenvalue weighted by molar-refractivity contribution is 6.01. The van der Waals surface area contributed by atoms with Crippen LogP contribution in [-0.4, -0.2) is 81.5 Å². The molecule has 4 aromatic rings. The van der Waals surface area contributed by atoms with Gasteiger partial charge in [-0.05, 0) is 36.8 Å². The number of aromatic nitrogens is 5. The highest BCUT2D eigenvalue weighted by Crippen LogP contribution is 2.37. The number of carbonyl (C=O) groups excluding carboxylic acids is 2. The minimum absolute atomic E-state index is 0.0530. The molecular weight excluding hydrogens is 633 g/mol. The molecule has 250 valence electrons. The molecule has 1 aliphatic rings. The average molecular weight is 665 g/mol. The van der Waals surface area contributed by atoms with Gasteiger partial charge >= 0.3 is 6.18 Å². The summed E-state index contributed by atoms with van der Waals surface area (Å²) in [7, 11) is 1.43. The lowest BCUT2D eigenvalue weighted by Gasteiger charge is -2.34. The molecule has 0 unspecified atom stereocenters. The third-order valence-electron chi connectivity index (χ3n) is 7.14. The fraction of sp³-hybridized carbons (Fsp3) is 0.258. The normalized spacial score (nSPS) is 13.0. The Bertz CT molecular complexity index is 1780. The predicted octanol–water partition coefficient (Wildman–Crippen LogP) is 4.34. The summed E-state index contributed by atoms with van der Waals surface area (Å²) in [5, 5.41) is 8.10. The zero-order chi connectivity index (χ0) is 34.3. The second-order valence-corrected chi connectivity index (χ2v) is 10.4. The molecule has 14 nitrogen and oxygen atoms in total. The zero-order valence-electron chi connectivity index (χ0n) is 25.9. The van der Waals surface area contributed by atoms with Crippen molar-refractivity contribution in [2.24, 2.45) is 0 Å². The predicted molar refractivity (Wildman–Crippen MR) is 171 cm³/mol. The lowest BCUT2D eigenvalue weighted by molar-refractivity contribution is -0.137. The van der Waals surface area contributed by atoms with E-state index in [1.807, 2.05) is 4.90 Å². The van der Waals surface area contributed by atoms with Crippen LogP contribution in [0.1, 0.15) is 11.1 Å². The van der Waals surface area contributed by atoms with Crippen LogP contribution in [0.2, 0.25) is 0 Å². The van der Waals surface area contributed by atoms with Crippen LogP contribution in [0.25, 0.3) is 0 Å². The van der Waals surface area contributed by atoms with Crippen molar-refractivity contribution in [3.63, 3.8) is 0 Å². The molecule has 0 saturated carbocycles. The summed E-state index contributed by atoms with van der Waals surface area (Å²) >= 11 is 0. The zero-order valence-corrected chi connectivity index (χ0v) is 25.9.